The summed E-state index contributed by atoms with van der Waals surface area (Å²) in [5, 5.41) is 4.53. The molecule has 2 aromatic carbocycles. The fraction of sp³-hybridized carbons (Fsp3) is 0.375. The summed E-state index contributed by atoms with van der Waals surface area (Å²) in [5.74, 6) is 0.0335. The molecule has 0 aliphatic heterocycles. The van der Waals surface area contributed by atoms with Crippen LogP contribution in [0.2, 0.25) is 5.02 Å². The van der Waals surface area contributed by atoms with Crippen LogP contribution in [0.1, 0.15) is 37.4 Å². The number of nitrogens with zero attached hydrogens (tertiary/aromatic N) is 2. The number of ether oxygens (including phenoxy) is 1. The molecule has 1 unspecified atom stereocenters. The van der Waals surface area contributed by atoms with Gasteiger partial charge < -0.3 is 10.1 Å². The van der Waals surface area contributed by atoms with Crippen molar-refractivity contribution >= 4 is 40.2 Å². The van der Waals surface area contributed by atoms with E-state index in [4.69, 9.17) is 16.3 Å². The molecule has 170 valence electrons. The third-order valence-electron chi connectivity index (χ3n) is 5.21. The van der Waals surface area contributed by atoms with Gasteiger partial charge in [-0.2, -0.15) is 0 Å². The fourth-order valence-electron chi connectivity index (χ4n) is 3.39. The molecule has 1 aromatic heterocycles. The lowest BCUT2D eigenvalue weighted by atomic mass is 10.1. The van der Waals surface area contributed by atoms with E-state index >= 15 is 0 Å². The van der Waals surface area contributed by atoms with E-state index in [1.807, 2.05) is 19.1 Å². The summed E-state index contributed by atoms with van der Waals surface area (Å²) in [7, 11) is 1.63. The number of aromatic nitrogens is 2. The van der Waals surface area contributed by atoms with Crippen molar-refractivity contribution in [2.24, 2.45) is 0 Å². The van der Waals surface area contributed by atoms with Crippen LogP contribution < -0.4 is 10.9 Å². The number of thioether (sulfide) groups is 1. The summed E-state index contributed by atoms with van der Waals surface area (Å²) in [4.78, 5) is 30.3. The van der Waals surface area contributed by atoms with E-state index in [1.54, 1.807) is 29.9 Å². The van der Waals surface area contributed by atoms with Gasteiger partial charge in [-0.1, -0.05) is 54.6 Å². The number of hydrogen-bond donors (Lipinski definition) is 1. The maximum Gasteiger partial charge on any atom is 0.262 e. The Morgan fingerprint density at radius 2 is 2.00 bits per heavy atom. The van der Waals surface area contributed by atoms with Crippen molar-refractivity contribution in [3.63, 3.8) is 0 Å². The van der Waals surface area contributed by atoms with Crippen LogP contribution in [0.4, 0.5) is 0 Å². The Morgan fingerprint density at radius 3 is 2.69 bits per heavy atom. The van der Waals surface area contributed by atoms with Crippen LogP contribution in [-0.2, 0) is 22.5 Å². The van der Waals surface area contributed by atoms with E-state index < -0.39 is 0 Å². The summed E-state index contributed by atoms with van der Waals surface area (Å²) >= 11 is 7.34. The van der Waals surface area contributed by atoms with E-state index in [9.17, 15) is 9.59 Å². The second-order valence-electron chi connectivity index (χ2n) is 7.53. The number of carbonyl (C=O) groups is 1. The van der Waals surface area contributed by atoms with Crippen molar-refractivity contribution in [2.75, 3.05) is 19.5 Å². The highest BCUT2D eigenvalue weighted by molar-refractivity contribution is 7.99. The molecule has 0 saturated heterocycles. The van der Waals surface area contributed by atoms with Crippen LogP contribution >= 0.6 is 23.4 Å². The molecule has 0 spiro atoms. The van der Waals surface area contributed by atoms with Crippen LogP contribution in [0.3, 0.4) is 0 Å². The largest absolute Gasteiger partial charge is 0.385 e. The number of rotatable bonds is 10. The Morgan fingerprint density at radius 1 is 1.25 bits per heavy atom. The lowest BCUT2D eigenvalue weighted by Gasteiger charge is -2.16. The second kappa shape index (κ2) is 11.5. The topological polar surface area (TPSA) is 73.2 Å². The highest BCUT2D eigenvalue weighted by Gasteiger charge is 2.15. The monoisotopic (exact) mass is 473 g/mol. The van der Waals surface area contributed by atoms with Gasteiger partial charge in [-0.3, -0.25) is 14.2 Å². The Hall–Kier alpha value is -2.35. The number of amides is 1. The van der Waals surface area contributed by atoms with Crippen LogP contribution in [-0.4, -0.2) is 34.9 Å². The molecule has 0 radical (unpaired) electrons. The first-order valence-electron chi connectivity index (χ1n) is 10.6. The molecule has 1 amide bonds. The number of halogens is 1. The second-order valence-corrected chi connectivity index (χ2v) is 8.91. The minimum atomic E-state index is -0.143. The van der Waals surface area contributed by atoms with Crippen LogP contribution in [0.5, 0.6) is 0 Å². The lowest BCUT2D eigenvalue weighted by molar-refractivity contribution is -0.119. The SMILES string of the molecule is CCc1ccc(C(C)NC(=O)CSc2nc3cc(Cl)ccc3c(=O)n2CCCOC)cc1. The molecule has 1 atom stereocenters. The smallest absolute Gasteiger partial charge is 0.262 e. The van der Waals surface area contributed by atoms with E-state index in [-0.39, 0.29) is 23.3 Å². The molecular formula is C24H28ClN3O3S. The number of methoxy groups -OCH3 is 1. The van der Waals surface area contributed by atoms with Gasteiger partial charge >= 0.3 is 0 Å². The van der Waals surface area contributed by atoms with Crippen molar-refractivity contribution in [1.82, 2.24) is 14.9 Å². The van der Waals surface area contributed by atoms with E-state index in [0.717, 1.165) is 12.0 Å². The first kappa shape index (κ1) is 24.3. The third-order valence-corrected chi connectivity index (χ3v) is 6.42. The van der Waals surface area contributed by atoms with Crippen LogP contribution in [0, 0.1) is 0 Å². The maximum atomic E-state index is 13.0. The number of carbonyl (C=O) groups excluding carboxylic acids is 1. The molecular weight excluding hydrogens is 446 g/mol. The molecule has 3 aromatic rings. The van der Waals surface area contributed by atoms with E-state index in [1.165, 1.54) is 17.3 Å². The molecule has 32 heavy (non-hydrogen) atoms. The fourth-order valence-corrected chi connectivity index (χ4v) is 4.39. The summed E-state index contributed by atoms with van der Waals surface area (Å²) in [6.07, 6.45) is 1.65. The summed E-state index contributed by atoms with van der Waals surface area (Å²) < 4.78 is 6.73. The van der Waals surface area contributed by atoms with Crippen LogP contribution in [0.15, 0.2) is 52.4 Å². The zero-order chi connectivity index (χ0) is 23.1. The van der Waals surface area contributed by atoms with Crippen molar-refractivity contribution in [3.05, 3.63) is 69.0 Å². The van der Waals surface area contributed by atoms with Crippen molar-refractivity contribution in [2.45, 2.75) is 44.4 Å². The average Bonchev–Trinajstić information content (AvgIpc) is 2.79. The maximum absolute atomic E-state index is 13.0. The number of fused-ring (bicyclic) bond motifs is 1. The van der Waals surface area contributed by atoms with E-state index in [0.29, 0.717) is 40.7 Å². The number of nitrogens with one attached hydrogen (secondary N) is 1. The van der Waals surface area contributed by atoms with Crippen molar-refractivity contribution in [1.29, 1.82) is 0 Å². The van der Waals surface area contributed by atoms with Gasteiger partial charge in [0.1, 0.15) is 0 Å². The molecule has 0 aliphatic carbocycles. The molecule has 1 N–H and O–H groups in total. The molecule has 8 heteroatoms. The lowest BCUT2D eigenvalue weighted by Crippen LogP contribution is -2.29. The average molecular weight is 474 g/mol. The van der Waals surface area contributed by atoms with Gasteiger partial charge in [0.25, 0.3) is 5.56 Å². The number of benzene rings is 2. The normalized spacial score (nSPS) is 12.1. The Balaban J connectivity index is 1.75. The highest BCUT2D eigenvalue weighted by atomic mass is 35.5. The molecule has 1 heterocycles. The molecule has 6 nitrogen and oxygen atoms in total. The highest BCUT2D eigenvalue weighted by Crippen LogP contribution is 2.21. The summed E-state index contributed by atoms with van der Waals surface area (Å²) in [6.45, 7) is 5.06. The molecule has 0 bridgehead atoms. The first-order chi connectivity index (χ1) is 15.4. The molecule has 0 aliphatic rings. The first-order valence-corrected chi connectivity index (χ1v) is 12.0. The molecule has 0 fully saturated rings. The van der Waals surface area contributed by atoms with Gasteiger partial charge in [-0.05, 0) is 49.1 Å². The molecule has 3 rings (SSSR count). The van der Waals surface area contributed by atoms with Gasteiger partial charge in [0.15, 0.2) is 5.16 Å². The Kier molecular flexibility index (Phi) is 8.73. The third kappa shape index (κ3) is 6.12. The van der Waals surface area contributed by atoms with Gasteiger partial charge in [-0.25, -0.2) is 4.98 Å². The van der Waals surface area contributed by atoms with Crippen molar-refractivity contribution in [3.8, 4) is 0 Å². The summed E-state index contributed by atoms with van der Waals surface area (Å²) in [6, 6.07) is 13.2. The zero-order valence-corrected chi connectivity index (χ0v) is 20.1. The number of hydrogen-bond acceptors (Lipinski definition) is 5. The predicted molar refractivity (Wildman–Crippen MR) is 131 cm³/mol. The summed E-state index contributed by atoms with van der Waals surface area (Å²) in [5.41, 5.74) is 2.69. The standard InChI is InChI=1S/C24H28ClN3O3S/c1-4-17-6-8-18(9-7-17)16(2)26-22(29)15-32-24-27-21-14-19(25)10-11-20(21)23(30)28(24)12-5-13-31-3/h6-11,14,16H,4-5,12-13,15H2,1-3H3,(H,26,29). The van der Waals surface area contributed by atoms with Crippen LogP contribution in [0.25, 0.3) is 10.9 Å². The van der Waals surface area contributed by atoms with Gasteiger partial charge in [-0.15, -0.1) is 0 Å². The van der Waals surface area contributed by atoms with Gasteiger partial charge in [0.2, 0.25) is 5.91 Å². The Labute approximate surface area is 197 Å². The minimum absolute atomic E-state index is 0.110. The quantitative estimate of drug-likeness (QED) is 0.264. The van der Waals surface area contributed by atoms with Crippen molar-refractivity contribution < 1.29 is 9.53 Å². The Bertz CT molecular complexity index is 1130. The van der Waals surface area contributed by atoms with Gasteiger partial charge in [0.05, 0.1) is 22.7 Å². The minimum Gasteiger partial charge on any atom is -0.385 e. The predicted octanol–water partition coefficient (Wildman–Crippen LogP) is 4.62. The number of aryl methyl sites for hydroxylation is 1. The zero-order valence-electron chi connectivity index (χ0n) is 18.6. The molecule has 0 saturated carbocycles. The van der Waals surface area contributed by atoms with Gasteiger partial charge in [0, 0.05) is 25.3 Å². The van der Waals surface area contributed by atoms with E-state index in [2.05, 4.69) is 29.4 Å².